The molecule has 1 N–H and O–H groups in total. The molecule has 2 aromatic carbocycles. The largest absolute Gasteiger partial charge is 0.465 e. The number of carbonyl (C=O) groups is 1. The lowest BCUT2D eigenvalue weighted by Crippen LogP contribution is -2.03. The fourth-order valence-electron chi connectivity index (χ4n) is 2.42. The molecule has 0 radical (unpaired) electrons. The molecular weight excluding hydrogens is 262 g/mol. The fraction of sp³-hybridized carbons (Fsp3) is 0.278. The van der Waals surface area contributed by atoms with Crippen LogP contribution in [0.2, 0.25) is 0 Å². The molecule has 1 saturated carbocycles. The highest BCUT2D eigenvalue weighted by Gasteiger charge is 2.23. The highest BCUT2D eigenvalue weighted by atomic mass is 16.5. The third kappa shape index (κ3) is 3.43. The monoisotopic (exact) mass is 281 g/mol. The van der Waals surface area contributed by atoms with E-state index in [9.17, 15) is 4.79 Å². The van der Waals surface area contributed by atoms with Gasteiger partial charge in [-0.05, 0) is 54.2 Å². The molecule has 0 bridgehead atoms. The second kappa shape index (κ2) is 6.00. The van der Waals surface area contributed by atoms with Gasteiger partial charge in [0, 0.05) is 12.2 Å². The average molecular weight is 281 g/mol. The molecule has 0 aliphatic heterocycles. The van der Waals surface area contributed by atoms with Crippen molar-refractivity contribution in [3.8, 4) is 0 Å². The number of nitrogens with one attached hydrogen (secondary N) is 1. The lowest BCUT2D eigenvalue weighted by atomic mass is 10.1. The number of hydrogen-bond acceptors (Lipinski definition) is 3. The number of hydrogen-bond donors (Lipinski definition) is 1. The van der Waals surface area contributed by atoms with E-state index in [1.165, 1.54) is 31.1 Å². The molecule has 0 spiro atoms. The van der Waals surface area contributed by atoms with Gasteiger partial charge in [-0.1, -0.05) is 24.3 Å². The molecule has 108 valence electrons. The molecule has 3 heteroatoms. The Kier molecular flexibility index (Phi) is 3.91. The summed E-state index contributed by atoms with van der Waals surface area (Å²) in [5.74, 6) is 0.475. The second-order valence-corrected chi connectivity index (χ2v) is 5.44. The molecule has 2 aromatic rings. The third-order valence-electron chi connectivity index (χ3n) is 3.80. The minimum absolute atomic E-state index is 0.307. The van der Waals surface area contributed by atoms with Gasteiger partial charge >= 0.3 is 5.97 Å². The van der Waals surface area contributed by atoms with Crippen LogP contribution in [0.5, 0.6) is 0 Å². The summed E-state index contributed by atoms with van der Waals surface area (Å²) >= 11 is 0. The summed E-state index contributed by atoms with van der Waals surface area (Å²) in [5.41, 5.74) is 4.31. The van der Waals surface area contributed by atoms with Crippen LogP contribution in [0.4, 0.5) is 5.69 Å². The highest BCUT2D eigenvalue weighted by Crippen LogP contribution is 2.40. The van der Waals surface area contributed by atoms with Gasteiger partial charge in [-0.2, -0.15) is 0 Å². The summed E-state index contributed by atoms with van der Waals surface area (Å²) in [5, 5.41) is 3.38. The smallest absolute Gasteiger partial charge is 0.337 e. The van der Waals surface area contributed by atoms with Crippen molar-refractivity contribution in [3.05, 3.63) is 65.2 Å². The Hall–Kier alpha value is -2.29. The first kappa shape index (κ1) is 13.7. The summed E-state index contributed by atoms with van der Waals surface area (Å²) in [4.78, 5) is 11.4. The molecule has 0 heterocycles. The molecule has 1 aliphatic rings. The quantitative estimate of drug-likeness (QED) is 0.843. The van der Waals surface area contributed by atoms with Crippen LogP contribution < -0.4 is 5.32 Å². The van der Waals surface area contributed by atoms with E-state index in [1.54, 1.807) is 12.1 Å². The van der Waals surface area contributed by atoms with Gasteiger partial charge in [0.1, 0.15) is 0 Å². The number of carbonyl (C=O) groups excluding carboxylic acids is 1. The molecule has 0 aromatic heterocycles. The first-order valence-corrected chi connectivity index (χ1v) is 7.27. The molecule has 3 rings (SSSR count). The van der Waals surface area contributed by atoms with Crippen LogP contribution in [-0.4, -0.2) is 13.1 Å². The topological polar surface area (TPSA) is 38.3 Å². The van der Waals surface area contributed by atoms with Gasteiger partial charge in [-0.3, -0.25) is 0 Å². The Morgan fingerprint density at radius 1 is 1.19 bits per heavy atom. The Labute approximate surface area is 124 Å². The first-order valence-electron chi connectivity index (χ1n) is 7.27. The van der Waals surface area contributed by atoms with Crippen LogP contribution >= 0.6 is 0 Å². The van der Waals surface area contributed by atoms with E-state index < -0.39 is 0 Å². The van der Waals surface area contributed by atoms with Gasteiger partial charge in [0.25, 0.3) is 0 Å². The van der Waals surface area contributed by atoms with E-state index >= 15 is 0 Å². The maximum Gasteiger partial charge on any atom is 0.337 e. The SMILES string of the molecule is COC(=O)c1ccc(NCc2cccc(C3CC3)c2)cc1. The van der Waals surface area contributed by atoms with Crippen LogP contribution in [0.25, 0.3) is 0 Å². The van der Waals surface area contributed by atoms with Gasteiger partial charge in [-0.15, -0.1) is 0 Å². The van der Waals surface area contributed by atoms with Gasteiger partial charge in [0.05, 0.1) is 12.7 Å². The van der Waals surface area contributed by atoms with Gasteiger partial charge in [0.15, 0.2) is 0 Å². The molecule has 0 unspecified atom stereocenters. The zero-order valence-corrected chi connectivity index (χ0v) is 12.1. The minimum atomic E-state index is -0.307. The van der Waals surface area contributed by atoms with Crippen molar-refractivity contribution in [2.75, 3.05) is 12.4 Å². The maximum atomic E-state index is 11.4. The van der Waals surface area contributed by atoms with Crippen molar-refractivity contribution < 1.29 is 9.53 Å². The summed E-state index contributed by atoms with van der Waals surface area (Å²) in [7, 11) is 1.39. The second-order valence-electron chi connectivity index (χ2n) is 5.44. The molecule has 21 heavy (non-hydrogen) atoms. The van der Waals surface area contributed by atoms with E-state index in [0.29, 0.717) is 5.56 Å². The lowest BCUT2D eigenvalue weighted by Gasteiger charge is -2.08. The van der Waals surface area contributed by atoms with Crippen LogP contribution in [0.15, 0.2) is 48.5 Å². The Bertz CT molecular complexity index is 630. The number of anilines is 1. The maximum absolute atomic E-state index is 11.4. The van der Waals surface area contributed by atoms with Crippen LogP contribution in [0, 0.1) is 0 Å². The summed E-state index contributed by atoms with van der Waals surface area (Å²) < 4.78 is 4.69. The normalized spacial score (nSPS) is 13.8. The minimum Gasteiger partial charge on any atom is -0.465 e. The summed E-state index contributed by atoms with van der Waals surface area (Å²) in [6, 6.07) is 16.1. The van der Waals surface area contributed by atoms with Crippen molar-refractivity contribution in [3.63, 3.8) is 0 Å². The van der Waals surface area contributed by atoms with Crippen molar-refractivity contribution in [1.82, 2.24) is 0 Å². The summed E-state index contributed by atoms with van der Waals surface area (Å²) in [6.45, 7) is 0.790. The van der Waals surface area contributed by atoms with Gasteiger partial charge in [0.2, 0.25) is 0 Å². The van der Waals surface area contributed by atoms with Crippen molar-refractivity contribution in [1.29, 1.82) is 0 Å². The van der Waals surface area contributed by atoms with E-state index in [-0.39, 0.29) is 5.97 Å². The fourth-order valence-corrected chi connectivity index (χ4v) is 2.42. The highest BCUT2D eigenvalue weighted by molar-refractivity contribution is 5.89. The number of benzene rings is 2. The van der Waals surface area contributed by atoms with E-state index in [2.05, 4.69) is 34.3 Å². The van der Waals surface area contributed by atoms with Crippen LogP contribution in [0.1, 0.15) is 40.2 Å². The van der Waals surface area contributed by atoms with Gasteiger partial charge < -0.3 is 10.1 Å². The molecule has 1 aliphatic carbocycles. The van der Waals surface area contributed by atoms with E-state index in [0.717, 1.165) is 18.2 Å². The first-order chi connectivity index (χ1) is 10.3. The molecule has 3 nitrogen and oxygen atoms in total. The lowest BCUT2D eigenvalue weighted by molar-refractivity contribution is 0.0601. The molecule has 0 atom stereocenters. The predicted octanol–water partition coefficient (Wildman–Crippen LogP) is 3.96. The number of methoxy groups -OCH3 is 1. The van der Waals surface area contributed by atoms with Crippen LogP contribution in [0.3, 0.4) is 0 Å². The zero-order valence-electron chi connectivity index (χ0n) is 12.1. The predicted molar refractivity (Wildman–Crippen MR) is 83.5 cm³/mol. The molecular formula is C18H19NO2. The number of rotatable bonds is 5. The van der Waals surface area contributed by atoms with Crippen molar-refractivity contribution >= 4 is 11.7 Å². The standard InChI is InChI=1S/C18H19NO2/c1-21-18(20)15-7-9-17(10-8-15)19-12-13-3-2-4-16(11-13)14-5-6-14/h2-4,7-11,14,19H,5-6,12H2,1H3. The Balaban J connectivity index is 1.62. The van der Waals surface area contributed by atoms with Crippen molar-refractivity contribution in [2.45, 2.75) is 25.3 Å². The van der Waals surface area contributed by atoms with Gasteiger partial charge in [-0.25, -0.2) is 4.79 Å². The van der Waals surface area contributed by atoms with Crippen molar-refractivity contribution in [2.24, 2.45) is 0 Å². The molecule has 0 saturated heterocycles. The Morgan fingerprint density at radius 2 is 1.95 bits per heavy atom. The Morgan fingerprint density at radius 3 is 2.62 bits per heavy atom. The molecule has 0 amide bonds. The number of esters is 1. The zero-order chi connectivity index (χ0) is 14.7. The summed E-state index contributed by atoms with van der Waals surface area (Å²) in [6.07, 6.45) is 2.65. The molecule has 1 fully saturated rings. The van der Waals surface area contributed by atoms with E-state index in [4.69, 9.17) is 0 Å². The third-order valence-corrected chi connectivity index (χ3v) is 3.80. The van der Waals surface area contributed by atoms with E-state index in [1.807, 2.05) is 12.1 Å². The van der Waals surface area contributed by atoms with Crippen LogP contribution in [-0.2, 0) is 11.3 Å². The average Bonchev–Trinajstić information content (AvgIpc) is 3.38. The number of ether oxygens (including phenoxy) is 1.